The molecule has 1 aromatic rings. The van der Waals surface area contributed by atoms with Crippen LogP contribution in [-0.2, 0) is 11.2 Å². The number of carbonyl (C=O) groups excluding carboxylic acids is 1. The number of aromatic nitrogens is 2. The summed E-state index contributed by atoms with van der Waals surface area (Å²) < 4.78 is 0. The second kappa shape index (κ2) is 7.90. The van der Waals surface area contributed by atoms with Crippen LogP contribution in [0.5, 0.6) is 0 Å². The molecule has 20 heavy (non-hydrogen) atoms. The summed E-state index contributed by atoms with van der Waals surface area (Å²) in [5.41, 5.74) is 5.71. The van der Waals surface area contributed by atoms with Crippen LogP contribution in [0.2, 0.25) is 0 Å². The number of carbonyl (C=O) groups is 1. The lowest BCUT2D eigenvalue weighted by atomic mass is 9.95. The molecular formula is C13H23ClN4OS. The van der Waals surface area contributed by atoms with Gasteiger partial charge >= 0.3 is 0 Å². The number of rotatable bonds is 5. The van der Waals surface area contributed by atoms with Gasteiger partial charge in [0.05, 0.1) is 0 Å². The van der Waals surface area contributed by atoms with Crippen molar-refractivity contribution in [3.05, 3.63) is 5.01 Å². The summed E-state index contributed by atoms with van der Waals surface area (Å²) in [6, 6.07) is 0. The standard InChI is InChI=1S/C13H22N4OS.ClH/c1-8(2)6-11-16-17-13(19-11)15-12(18)10-5-3-4-9(10)7-14;/h8-10H,3-7,14H2,1-2H3,(H,15,17,18);1H/t9-,10-;/m1./s1. The van der Waals surface area contributed by atoms with Crippen LogP contribution in [0.3, 0.4) is 0 Å². The van der Waals surface area contributed by atoms with Gasteiger partial charge in [-0.1, -0.05) is 31.6 Å². The molecule has 2 atom stereocenters. The normalized spacial score (nSPS) is 21.8. The van der Waals surface area contributed by atoms with Crippen molar-refractivity contribution >= 4 is 34.8 Å². The van der Waals surface area contributed by atoms with Crippen molar-refractivity contribution in [2.45, 2.75) is 39.5 Å². The molecule has 1 aliphatic rings. The molecule has 1 heterocycles. The number of nitrogens with zero attached hydrogens (tertiary/aromatic N) is 2. The minimum absolute atomic E-state index is 0. The second-order valence-corrected chi connectivity index (χ2v) is 6.68. The zero-order valence-corrected chi connectivity index (χ0v) is 13.6. The largest absolute Gasteiger partial charge is 0.330 e. The van der Waals surface area contributed by atoms with Crippen molar-refractivity contribution in [3.63, 3.8) is 0 Å². The first-order chi connectivity index (χ1) is 9.10. The van der Waals surface area contributed by atoms with Crippen LogP contribution in [0.1, 0.15) is 38.1 Å². The Morgan fingerprint density at radius 3 is 2.85 bits per heavy atom. The van der Waals surface area contributed by atoms with Crippen molar-refractivity contribution in [1.82, 2.24) is 10.2 Å². The number of nitrogens with two attached hydrogens (primary N) is 1. The predicted molar refractivity (Wildman–Crippen MR) is 84.2 cm³/mol. The fourth-order valence-electron chi connectivity index (χ4n) is 2.60. The number of hydrogen-bond donors (Lipinski definition) is 2. The molecule has 2 rings (SSSR count). The summed E-state index contributed by atoms with van der Waals surface area (Å²) >= 11 is 1.47. The van der Waals surface area contributed by atoms with E-state index in [1.807, 2.05) is 0 Å². The Morgan fingerprint density at radius 2 is 2.20 bits per heavy atom. The molecule has 1 aromatic heterocycles. The SMILES string of the molecule is CC(C)Cc1nnc(NC(=O)[C@@H]2CCC[C@@H]2CN)s1.Cl. The highest BCUT2D eigenvalue weighted by molar-refractivity contribution is 7.15. The van der Waals surface area contributed by atoms with E-state index in [9.17, 15) is 4.79 Å². The van der Waals surface area contributed by atoms with Gasteiger partial charge in [-0.3, -0.25) is 4.79 Å². The molecule has 1 fully saturated rings. The zero-order valence-electron chi connectivity index (χ0n) is 12.0. The first-order valence-corrected chi connectivity index (χ1v) is 7.75. The Labute approximate surface area is 130 Å². The van der Waals surface area contributed by atoms with Gasteiger partial charge in [0.25, 0.3) is 0 Å². The average Bonchev–Trinajstić information content (AvgIpc) is 2.96. The number of amides is 1. The topological polar surface area (TPSA) is 80.9 Å². The van der Waals surface area contributed by atoms with E-state index in [2.05, 4.69) is 29.4 Å². The Balaban J connectivity index is 0.00000200. The molecule has 0 aliphatic heterocycles. The van der Waals surface area contributed by atoms with Crippen molar-refractivity contribution < 1.29 is 4.79 Å². The van der Waals surface area contributed by atoms with Gasteiger partial charge in [0.2, 0.25) is 11.0 Å². The minimum atomic E-state index is 0. The van der Waals surface area contributed by atoms with E-state index in [-0.39, 0.29) is 24.2 Å². The van der Waals surface area contributed by atoms with Gasteiger partial charge in [-0.15, -0.1) is 22.6 Å². The highest BCUT2D eigenvalue weighted by atomic mass is 35.5. The molecule has 1 saturated carbocycles. The Morgan fingerprint density at radius 1 is 1.45 bits per heavy atom. The first kappa shape index (κ1) is 17.3. The predicted octanol–water partition coefficient (Wildman–Crippen LogP) is 2.47. The smallest absolute Gasteiger partial charge is 0.229 e. The number of halogens is 1. The van der Waals surface area contributed by atoms with Gasteiger partial charge in [0.1, 0.15) is 5.01 Å². The van der Waals surface area contributed by atoms with E-state index in [1.54, 1.807) is 0 Å². The third-order valence-corrected chi connectivity index (χ3v) is 4.44. The van der Waals surface area contributed by atoms with Crippen molar-refractivity contribution in [2.24, 2.45) is 23.5 Å². The van der Waals surface area contributed by atoms with Gasteiger partial charge in [0, 0.05) is 12.3 Å². The van der Waals surface area contributed by atoms with E-state index in [0.717, 1.165) is 30.7 Å². The molecule has 3 N–H and O–H groups in total. The molecule has 0 aromatic carbocycles. The van der Waals surface area contributed by atoms with E-state index >= 15 is 0 Å². The van der Waals surface area contributed by atoms with Crippen molar-refractivity contribution in [3.8, 4) is 0 Å². The number of anilines is 1. The first-order valence-electron chi connectivity index (χ1n) is 6.93. The summed E-state index contributed by atoms with van der Waals surface area (Å²) in [7, 11) is 0. The van der Waals surface area contributed by atoms with E-state index in [1.165, 1.54) is 11.3 Å². The summed E-state index contributed by atoms with van der Waals surface area (Å²) in [4.78, 5) is 12.2. The Bertz CT molecular complexity index is 438. The molecule has 0 unspecified atom stereocenters. The van der Waals surface area contributed by atoms with E-state index < -0.39 is 0 Å². The molecular weight excluding hydrogens is 296 g/mol. The Kier molecular flexibility index (Phi) is 6.85. The highest BCUT2D eigenvalue weighted by Gasteiger charge is 2.32. The van der Waals surface area contributed by atoms with Crippen LogP contribution in [0.25, 0.3) is 0 Å². The maximum absolute atomic E-state index is 12.2. The number of nitrogens with one attached hydrogen (secondary N) is 1. The van der Waals surface area contributed by atoms with Crippen molar-refractivity contribution in [1.29, 1.82) is 0 Å². The lowest BCUT2D eigenvalue weighted by Crippen LogP contribution is -2.29. The van der Waals surface area contributed by atoms with E-state index in [0.29, 0.717) is 23.5 Å². The lowest BCUT2D eigenvalue weighted by molar-refractivity contribution is -0.120. The second-order valence-electron chi connectivity index (χ2n) is 5.62. The van der Waals surface area contributed by atoms with Gasteiger partial charge < -0.3 is 11.1 Å². The molecule has 5 nitrogen and oxygen atoms in total. The van der Waals surface area contributed by atoms with Crippen LogP contribution >= 0.6 is 23.7 Å². The van der Waals surface area contributed by atoms with Gasteiger partial charge in [0.15, 0.2) is 0 Å². The number of hydrogen-bond acceptors (Lipinski definition) is 5. The van der Waals surface area contributed by atoms with Gasteiger partial charge in [-0.05, 0) is 31.2 Å². The van der Waals surface area contributed by atoms with Gasteiger partial charge in [-0.25, -0.2) is 0 Å². The van der Waals surface area contributed by atoms with Crippen molar-refractivity contribution in [2.75, 3.05) is 11.9 Å². The molecule has 1 amide bonds. The molecule has 0 bridgehead atoms. The summed E-state index contributed by atoms with van der Waals surface area (Å²) in [5.74, 6) is 0.971. The molecule has 0 spiro atoms. The third-order valence-electron chi connectivity index (χ3n) is 3.58. The molecule has 7 heteroatoms. The quantitative estimate of drug-likeness (QED) is 0.874. The molecule has 1 aliphatic carbocycles. The maximum atomic E-state index is 12.2. The molecule has 0 radical (unpaired) electrons. The fourth-order valence-corrected chi connectivity index (χ4v) is 3.55. The summed E-state index contributed by atoms with van der Waals surface area (Å²) in [6.45, 7) is 4.88. The lowest BCUT2D eigenvalue weighted by Gasteiger charge is -2.15. The minimum Gasteiger partial charge on any atom is -0.330 e. The third kappa shape index (κ3) is 4.40. The molecule has 114 valence electrons. The van der Waals surface area contributed by atoms with E-state index in [4.69, 9.17) is 5.73 Å². The summed E-state index contributed by atoms with van der Waals surface area (Å²) in [5, 5.41) is 12.6. The monoisotopic (exact) mass is 318 g/mol. The highest BCUT2D eigenvalue weighted by Crippen LogP contribution is 2.32. The van der Waals surface area contributed by atoms with Crippen LogP contribution in [0, 0.1) is 17.8 Å². The Hall–Kier alpha value is -0.720. The summed E-state index contributed by atoms with van der Waals surface area (Å²) in [6.07, 6.45) is 3.99. The van der Waals surface area contributed by atoms with Crippen LogP contribution in [0.4, 0.5) is 5.13 Å². The van der Waals surface area contributed by atoms with Crippen LogP contribution < -0.4 is 11.1 Å². The van der Waals surface area contributed by atoms with Crippen LogP contribution in [-0.4, -0.2) is 22.6 Å². The van der Waals surface area contributed by atoms with Crippen LogP contribution in [0.15, 0.2) is 0 Å². The maximum Gasteiger partial charge on any atom is 0.229 e. The zero-order chi connectivity index (χ0) is 13.8. The fraction of sp³-hybridized carbons (Fsp3) is 0.769. The average molecular weight is 319 g/mol. The molecule has 0 saturated heterocycles. The van der Waals surface area contributed by atoms with Gasteiger partial charge in [-0.2, -0.15) is 0 Å².